The van der Waals surface area contributed by atoms with E-state index in [1.807, 2.05) is 6.07 Å². The van der Waals surface area contributed by atoms with E-state index >= 15 is 0 Å². The van der Waals surface area contributed by atoms with Gasteiger partial charge in [0.15, 0.2) is 0 Å². The number of hydrogen-bond acceptors (Lipinski definition) is 6. The van der Waals surface area contributed by atoms with Gasteiger partial charge in [-0.15, -0.1) is 0 Å². The lowest BCUT2D eigenvalue weighted by Crippen LogP contribution is -2.35. The van der Waals surface area contributed by atoms with Crippen molar-refractivity contribution < 1.29 is 17.6 Å². The van der Waals surface area contributed by atoms with E-state index in [9.17, 15) is 17.6 Å². The maximum absolute atomic E-state index is 13.3. The van der Waals surface area contributed by atoms with Crippen LogP contribution >= 0.6 is 11.7 Å². The van der Waals surface area contributed by atoms with Crippen molar-refractivity contribution in [2.75, 3.05) is 16.2 Å². The Morgan fingerprint density at radius 1 is 1.00 bits per heavy atom. The predicted octanol–water partition coefficient (Wildman–Crippen LogP) is 4.22. The van der Waals surface area contributed by atoms with Gasteiger partial charge < -0.3 is 5.32 Å². The van der Waals surface area contributed by atoms with Crippen LogP contribution in [0.4, 0.5) is 15.8 Å². The molecule has 1 aliphatic heterocycles. The number of aryl methyl sites for hydroxylation is 1. The van der Waals surface area contributed by atoms with Gasteiger partial charge in [0.25, 0.3) is 15.9 Å². The quantitative estimate of drug-likeness (QED) is 0.484. The van der Waals surface area contributed by atoms with Crippen LogP contribution in [-0.2, 0) is 16.4 Å². The molecule has 7 nitrogen and oxygen atoms in total. The van der Waals surface area contributed by atoms with Crippen LogP contribution in [0, 0.1) is 5.82 Å². The Morgan fingerprint density at radius 2 is 1.78 bits per heavy atom. The van der Waals surface area contributed by atoms with Crippen LogP contribution in [0.3, 0.4) is 0 Å². The van der Waals surface area contributed by atoms with E-state index in [1.54, 1.807) is 30.3 Å². The number of carbonyl (C=O) groups is 1. The predicted molar refractivity (Wildman–Crippen MR) is 121 cm³/mol. The second kappa shape index (κ2) is 7.95. The van der Waals surface area contributed by atoms with Crippen LogP contribution in [0.15, 0.2) is 65.6 Å². The lowest BCUT2D eigenvalue weighted by Gasteiger charge is -2.31. The lowest BCUT2D eigenvalue weighted by molar-refractivity contribution is 0.102. The number of nitrogens with zero attached hydrogens (tertiary/aromatic N) is 3. The molecule has 0 saturated carbocycles. The molecule has 0 aliphatic carbocycles. The molecule has 162 valence electrons. The molecule has 5 rings (SSSR count). The van der Waals surface area contributed by atoms with E-state index in [0.29, 0.717) is 35.4 Å². The number of rotatable bonds is 4. The Bertz CT molecular complexity index is 1440. The first kappa shape index (κ1) is 20.5. The number of fused-ring (bicyclic) bond motifs is 2. The second-order valence-electron chi connectivity index (χ2n) is 7.40. The first-order valence-electron chi connectivity index (χ1n) is 9.87. The molecule has 32 heavy (non-hydrogen) atoms. The summed E-state index contributed by atoms with van der Waals surface area (Å²) >= 11 is 1.08. The molecule has 2 heterocycles. The van der Waals surface area contributed by atoms with Gasteiger partial charge in [0.05, 0.1) is 22.3 Å². The van der Waals surface area contributed by atoms with Crippen molar-refractivity contribution in [2.45, 2.75) is 17.7 Å². The van der Waals surface area contributed by atoms with Crippen molar-refractivity contribution in [3.8, 4) is 0 Å². The molecule has 0 unspecified atom stereocenters. The molecule has 4 aromatic rings. The van der Waals surface area contributed by atoms with E-state index in [1.165, 1.54) is 16.4 Å². The van der Waals surface area contributed by atoms with E-state index in [0.717, 1.165) is 41.4 Å². The Labute approximate surface area is 187 Å². The summed E-state index contributed by atoms with van der Waals surface area (Å²) in [5.41, 5.74) is 3.66. The third-order valence-electron chi connectivity index (χ3n) is 5.34. The zero-order valence-corrected chi connectivity index (χ0v) is 18.3. The number of anilines is 2. The summed E-state index contributed by atoms with van der Waals surface area (Å²) in [5, 5.41) is 2.83. The molecule has 3 aromatic carbocycles. The summed E-state index contributed by atoms with van der Waals surface area (Å²) in [7, 11) is -3.87. The molecule has 0 saturated heterocycles. The maximum Gasteiger partial charge on any atom is 0.264 e. The number of halogens is 1. The zero-order chi connectivity index (χ0) is 22.3. The van der Waals surface area contributed by atoms with Gasteiger partial charge in [-0.05, 0) is 73.0 Å². The first-order valence-corrected chi connectivity index (χ1v) is 12.0. The molecule has 0 atom stereocenters. The summed E-state index contributed by atoms with van der Waals surface area (Å²) in [6.45, 7) is 0.303. The highest BCUT2D eigenvalue weighted by Crippen LogP contribution is 2.34. The molecule has 0 spiro atoms. The highest BCUT2D eigenvalue weighted by atomic mass is 32.2. The van der Waals surface area contributed by atoms with Crippen molar-refractivity contribution in [2.24, 2.45) is 0 Å². The van der Waals surface area contributed by atoms with Crippen molar-refractivity contribution in [3.05, 3.63) is 77.6 Å². The number of aromatic nitrogens is 2. The summed E-state index contributed by atoms with van der Waals surface area (Å²) in [4.78, 5) is 12.8. The topological polar surface area (TPSA) is 92.3 Å². The number of sulfonamides is 1. The van der Waals surface area contributed by atoms with Crippen molar-refractivity contribution >= 4 is 50.1 Å². The van der Waals surface area contributed by atoms with Crippen molar-refractivity contribution in [3.63, 3.8) is 0 Å². The average molecular weight is 469 g/mol. The highest BCUT2D eigenvalue weighted by Gasteiger charge is 2.29. The maximum atomic E-state index is 13.3. The molecular weight excluding hydrogens is 451 g/mol. The van der Waals surface area contributed by atoms with Gasteiger partial charge in [-0.1, -0.05) is 6.07 Å². The van der Waals surface area contributed by atoms with E-state index < -0.39 is 15.8 Å². The monoisotopic (exact) mass is 468 g/mol. The fourth-order valence-corrected chi connectivity index (χ4v) is 5.78. The number of carbonyl (C=O) groups excluding carboxylic acids is 1. The van der Waals surface area contributed by atoms with Gasteiger partial charge >= 0.3 is 0 Å². The van der Waals surface area contributed by atoms with Gasteiger partial charge in [0.1, 0.15) is 16.9 Å². The van der Waals surface area contributed by atoms with Gasteiger partial charge in [0.2, 0.25) is 0 Å². The molecule has 1 amide bonds. The summed E-state index contributed by atoms with van der Waals surface area (Å²) < 4.78 is 49.3. The number of amides is 1. The van der Waals surface area contributed by atoms with Gasteiger partial charge in [-0.25, -0.2) is 12.8 Å². The van der Waals surface area contributed by atoms with E-state index in [2.05, 4.69) is 14.1 Å². The summed E-state index contributed by atoms with van der Waals surface area (Å²) in [5.74, 6) is -0.830. The third kappa shape index (κ3) is 3.71. The van der Waals surface area contributed by atoms with Crippen LogP contribution in [0.1, 0.15) is 22.3 Å². The zero-order valence-electron chi connectivity index (χ0n) is 16.7. The minimum Gasteiger partial charge on any atom is -0.322 e. The molecule has 10 heteroatoms. The lowest BCUT2D eigenvalue weighted by atomic mass is 10.0. The third-order valence-corrected chi connectivity index (χ3v) is 7.72. The van der Waals surface area contributed by atoms with Crippen LogP contribution in [0.5, 0.6) is 0 Å². The largest absolute Gasteiger partial charge is 0.322 e. The molecule has 0 bridgehead atoms. The average Bonchev–Trinajstić information content (AvgIpc) is 3.27. The number of nitrogens with one attached hydrogen (secondary N) is 1. The SMILES string of the molecule is O=C(Nc1ccc2c(c1)N(S(=O)(=O)c1ccc(F)cc1)CCC2)c1ccc2nsnc2c1. The van der Waals surface area contributed by atoms with Crippen LogP contribution in [-0.4, -0.2) is 29.6 Å². The van der Waals surface area contributed by atoms with Crippen molar-refractivity contribution in [1.82, 2.24) is 8.75 Å². The Balaban J connectivity index is 1.46. The molecule has 1 aliphatic rings. The van der Waals surface area contributed by atoms with E-state index in [4.69, 9.17) is 0 Å². The molecule has 0 fully saturated rings. The Hall–Kier alpha value is -3.37. The fraction of sp³-hybridized carbons (Fsp3) is 0.136. The van der Waals surface area contributed by atoms with Crippen LogP contribution in [0.2, 0.25) is 0 Å². The smallest absolute Gasteiger partial charge is 0.264 e. The number of benzene rings is 3. The first-order chi connectivity index (χ1) is 15.4. The minimum absolute atomic E-state index is 0.0198. The molecule has 0 radical (unpaired) electrons. The highest BCUT2D eigenvalue weighted by molar-refractivity contribution is 7.92. The molecule has 1 aromatic heterocycles. The van der Waals surface area contributed by atoms with Crippen LogP contribution < -0.4 is 9.62 Å². The Kier molecular flexibility index (Phi) is 5.10. The second-order valence-corrected chi connectivity index (χ2v) is 9.79. The standard InChI is InChI=1S/C22H17FN4O3S2/c23-16-5-8-18(9-6-16)32(29,30)27-11-1-2-14-3-7-17(13-21(14)27)24-22(28)15-4-10-19-20(12-15)26-31-25-19/h3-10,12-13H,1-2,11H2,(H,24,28). The van der Waals surface area contributed by atoms with Crippen molar-refractivity contribution in [1.29, 1.82) is 0 Å². The van der Waals surface area contributed by atoms with E-state index in [-0.39, 0.29) is 10.8 Å². The summed E-state index contributed by atoms with van der Waals surface area (Å²) in [6, 6.07) is 15.1. The Morgan fingerprint density at radius 3 is 2.59 bits per heavy atom. The normalized spacial score (nSPS) is 13.7. The molecule has 1 N–H and O–H groups in total. The minimum atomic E-state index is -3.87. The fourth-order valence-electron chi connectivity index (χ4n) is 3.73. The summed E-state index contributed by atoms with van der Waals surface area (Å²) in [6.07, 6.45) is 1.40. The number of hydrogen-bond donors (Lipinski definition) is 1. The van der Waals surface area contributed by atoms with Crippen LogP contribution in [0.25, 0.3) is 11.0 Å². The molecular formula is C22H17FN4O3S2. The van der Waals surface area contributed by atoms with Gasteiger partial charge in [0, 0.05) is 17.8 Å². The van der Waals surface area contributed by atoms with Gasteiger partial charge in [-0.2, -0.15) is 8.75 Å². The van der Waals surface area contributed by atoms with Gasteiger partial charge in [-0.3, -0.25) is 9.10 Å².